The van der Waals surface area contributed by atoms with E-state index in [1.54, 1.807) is 36.4 Å². The van der Waals surface area contributed by atoms with Crippen LogP contribution in [0.25, 0.3) is 0 Å². The number of carbonyl (C=O) groups excluding carboxylic acids is 1. The van der Waals surface area contributed by atoms with Gasteiger partial charge in [-0.05, 0) is 76.4 Å². The molecule has 0 radical (unpaired) electrons. The van der Waals surface area contributed by atoms with Crippen molar-refractivity contribution in [3.05, 3.63) is 59.2 Å². The van der Waals surface area contributed by atoms with Crippen molar-refractivity contribution in [1.82, 2.24) is 5.32 Å². The Morgan fingerprint density at radius 1 is 1.00 bits per heavy atom. The highest BCUT2D eigenvalue weighted by molar-refractivity contribution is 7.92. The largest absolute Gasteiger partial charge is 0.350 e. The molecule has 1 amide bonds. The number of hydrogen-bond acceptors (Lipinski definition) is 3. The van der Waals surface area contributed by atoms with E-state index in [-0.39, 0.29) is 17.3 Å². The molecule has 28 heavy (non-hydrogen) atoms. The Balaban J connectivity index is 2.47. The van der Waals surface area contributed by atoms with Crippen LogP contribution in [0.3, 0.4) is 0 Å². The number of aryl methyl sites for hydroxylation is 3. The van der Waals surface area contributed by atoms with Crippen LogP contribution >= 0.6 is 0 Å². The average Bonchev–Trinajstić information content (AvgIpc) is 2.62. The molecule has 0 fully saturated rings. The quantitative estimate of drug-likeness (QED) is 0.758. The van der Waals surface area contributed by atoms with Gasteiger partial charge in [-0.25, -0.2) is 8.42 Å². The van der Waals surface area contributed by atoms with Gasteiger partial charge in [0.05, 0.1) is 10.6 Å². The monoisotopic (exact) mass is 402 g/mol. The summed E-state index contributed by atoms with van der Waals surface area (Å²) in [5.41, 5.74) is 3.08. The zero-order valence-electron chi connectivity index (χ0n) is 17.5. The highest BCUT2D eigenvalue weighted by Crippen LogP contribution is 2.26. The summed E-state index contributed by atoms with van der Waals surface area (Å²) < 4.78 is 27.9. The number of hydrogen-bond donors (Lipinski definition) is 1. The Bertz CT molecular complexity index is 948. The zero-order valence-corrected chi connectivity index (χ0v) is 18.4. The van der Waals surface area contributed by atoms with Crippen molar-refractivity contribution in [2.75, 3.05) is 10.8 Å². The molecule has 0 aromatic heterocycles. The molecule has 0 bridgehead atoms. The first-order valence-corrected chi connectivity index (χ1v) is 10.9. The van der Waals surface area contributed by atoms with Gasteiger partial charge >= 0.3 is 0 Å². The topological polar surface area (TPSA) is 66.5 Å². The summed E-state index contributed by atoms with van der Waals surface area (Å²) >= 11 is 0. The van der Waals surface area contributed by atoms with Gasteiger partial charge in [0.1, 0.15) is 6.54 Å². The molecule has 0 saturated heterocycles. The highest BCUT2D eigenvalue weighted by atomic mass is 32.2. The van der Waals surface area contributed by atoms with Crippen molar-refractivity contribution < 1.29 is 13.2 Å². The first kappa shape index (κ1) is 22.0. The molecule has 0 aliphatic carbocycles. The molecule has 5 nitrogen and oxygen atoms in total. The fourth-order valence-electron chi connectivity index (χ4n) is 2.67. The number of amides is 1. The summed E-state index contributed by atoms with van der Waals surface area (Å²) in [5, 5.41) is 2.92. The molecular formula is C22H30N2O3S. The van der Waals surface area contributed by atoms with Gasteiger partial charge in [-0.15, -0.1) is 0 Å². The molecule has 6 heteroatoms. The smallest absolute Gasteiger partial charge is 0.264 e. The predicted octanol–water partition coefficient (Wildman–Crippen LogP) is 4.11. The normalized spacial score (nSPS) is 11.9. The van der Waals surface area contributed by atoms with Gasteiger partial charge in [0.25, 0.3) is 10.0 Å². The molecule has 2 aromatic rings. The molecular weight excluding hydrogens is 372 g/mol. The second kappa shape index (κ2) is 8.35. The molecule has 1 N–H and O–H groups in total. The Morgan fingerprint density at radius 3 is 2.14 bits per heavy atom. The molecule has 0 aliphatic heterocycles. The molecule has 0 atom stereocenters. The lowest BCUT2D eigenvalue weighted by molar-refractivity contribution is -0.121. The fraction of sp³-hybridized carbons (Fsp3) is 0.409. The minimum Gasteiger partial charge on any atom is -0.350 e. The summed E-state index contributed by atoms with van der Waals surface area (Å²) in [4.78, 5) is 12.8. The average molecular weight is 403 g/mol. The number of benzene rings is 2. The van der Waals surface area contributed by atoms with E-state index >= 15 is 0 Å². The van der Waals surface area contributed by atoms with Gasteiger partial charge in [-0.2, -0.15) is 0 Å². The van der Waals surface area contributed by atoms with E-state index in [0.717, 1.165) is 23.1 Å². The summed E-state index contributed by atoms with van der Waals surface area (Å²) in [6.45, 7) is 11.3. The van der Waals surface area contributed by atoms with Crippen molar-refractivity contribution in [2.45, 2.75) is 58.4 Å². The summed E-state index contributed by atoms with van der Waals surface area (Å²) in [6, 6.07) is 12.1. The lowest BCUT2D eigenvalue weighted by atomic mass is 10.0. The van der Waals surface area contributed by atoms with Crippen LogP contribution in [0.4, 0.5) is 5.69 Å². The Morgan fingerprint density at radius 2 is 1.61 bits per heavy atom. The zero-order chi connectivity index (χ0) is 21.1. The van der Waals surface area contributed by atoms with E-state index in [4.69, 9.17) is 0 Å². The van der Waals surface area contributed by atoms with Crippen LogP contribution < -0.4 is 9.62 Å². The molecule has 0 spiro atoms. The highest BCUT2D eigenvalue weighted by Gasteiger charge is 2.29. The van der Waals surface area contributed by atoms with Crippen LogP contribution in [0.2, 0.25) is 0 Å². The van der Waals surface area contributed by atoms with Crippen molar-refractivity contribution in [1.29, 1.82) is 0 Å². The van der Waals surface area contributed by atoms with Gasteiger partial charge in [-0.3, -0.25) is 9.10 Å². The van der Waals surface area contributed by atoms with Gasteiger partial charge in [0.2, 0.25) is 5.91 Å². The maximum absolute atomic E-state index is 13.4. The number of sulfonamides is 1. The number of nitrogens with one attached hydrogen (secondary N) is 1. The van der Waals surface area contributed by atoms with Crippen LogP contribution in [0.15, 0.2) is 47.4 Å². The third-order valence-corrected chi connectivity index (χ3v) is 6.82. The van der Waals surface area contributed by atoms with Gasteiger partial charge in [0, 0.05) is 5.54 Å². The van der Waals surface area contributed by atoms with Crippen molar-refractivity contribution in [2.24, 2.45) is 0 Å². The molecule has 0 unspecified atom stereocenters. The lowest BCUT2D eigenvalue weighted by Crippen LogP contribution is -2.48. The van der Waals surface area contributed by atoms with Gasteiger partial charge in [0.15, 0.2) is 0 Å². The maximum atomic E-state index is 13.4. The van der Waals surface area contributed by atoms with E-state index in [9.17, 15) is 13.2 Å². The van der Waals surface area contributed by atoms with E-state index in [0.29, 0.717) is 5.69 Å². The van der Waals surface area contributed by atoms with E-state index in [2.05, 4.69) is 5.32 Å². The molecule has 0 heterocycles. The fourth-order valence-corrected chi connectivity index (χ4v) is 4.08. The third-order valence-electron chi connectivity index (χ3n) is 5.04. The summed E-state index contributed by atoms with van der Waals surface area (Å²) in [7, 11) is -3.89. The molecule has 2 rings (SSSR count). The van der Waals surface area contributed by atoms with Crippen LogP contribution in [0.5, 0.6) is 0 Å². The number of anilines is 1. The van der Waals surface area contributed by atoms with Gasteiger partial charge in [-0.1, -0.05) is 30.7 Å². The number of carbonyl (C=O) groups is 1. The lowest BCUT2D eigenvalue weighted by Gasteiger charge is -2.29. The SMILES string of the molecule is CCC(C)(C)NC(=O)CN(c1ccc(C)c(C)c1)S(=O)(=O)c1ccc(C)cc1. The Hall–Kier alpha value is -2.34. The minimum atomic E-state index is -3.89. The Kier molecular flexibility index (Phi) is 6.55. The van der Waals surface area contributed by atoms with Crippen LogP contribution in [-0.4, -0.2) is 26.4 Å². The molecule has 0 saturated carbocycles. The van der Waals surface area contributed by atoms with E-state index in [1.165, 1.54) is 4.31 Å². The first-order chi connectivity index (χ1) is 13.0. The van der Waals surface area contributed by atoms with E-state index < -0.39 is 15.6 Å². The van der Waals surface area contributed by atoms with Crippen molar-refractivity contribution in [3.8, 4) is 0 Å². The molecule has 2 aromatic carbocycles. The third kappa shape index (κ3) is 5.13. The second-order valence-corrected chi connectivity index (χ2v) is 9.74. The maximum Gasteiger partial charge on any atom is 0.264 e. The molecule has 0 aliphatic rings. The van der Waals surface area contributed by atoms with Crippen molar-refractivity contribution >= 4 is 21.6 Å². The van der Waals surface area contributed by atoms with E-state index in [1.807, 2.05) is 47.6 Å². The van der Waals surface area contributed by atoms with Crippen LogP contribution in [-0.2, 0) is 14.8 Å². The summed E-state index contributed by atoms with van der Waals surface area (Å²) in [6.07, 6.45) is 0.743. The second-order valence-electron chi connectivity index (χ2n) is 7.88. The predicted molar refractivity (Wildman–Crippen MR) is 114 cm³/mol. The Labute approximate surface area is 168 Å². The van der Waals surface area contributed by atoms with Crippen LogP contribution in [0, 0.1) is 20.8 Å². The van der Waals surface area contributed by atoms with Crippen LogP contribution in [0.1, 0.15) is 43.9 Å². The van der Waals surface area contributed by atoms with Gasteiger partial charge < -0.3 is 5.32 Å². The number of rotatable bonds is 7. The standard InChI is InChI=1S/C22H30N2O3S/c1-7-22(5,6)23-21(25)15-24(19-11-10-17(3)18(4)14-19)28(26,27)20-12-8-16(2)9-13-20/h8-14H,7,15H2,1-6H3,(H,23,25). The minimum absolute atomic E-state index is 0.166. The number of nitrogens with zero attached hydrogens (tertiary/aromatic N) is 1. The van der Waals surface area contributed by atoms with Crippen molar-refractivity contribution in [3.63, 3.8) is 0 Å². The molecule has 152 valence electrons. The first-order valence-electron chi connectivity index (χ1n) is 9.44. The summed E-state index contributed by atoms with van der Waals surface area (Å²) in [5.74, 6) is -0.333.